The molecule has 3 nitrogen and oxygen atoms in total. The predicted octanol–water partition coefficient (Wildman–Crippen LogP) is 11.6. The maximum absolute atomic E-state index is 6.25. The highest BCUT2D eigenvalue weighted by Crippen LogP contribution is 2.58. The van der Waals surface area contributed by atoms with Crippen molar-refractivity contribution in [3.63, 3.8) is 0 Å². The zero-order valence-corrected chi connectivity index (χ0v) is 35.0. The molecule has 6 atom stereocenters. The third-order valence-corrected chi connectivity index (χ3v) is 14.7. The Morgan fingerprint density at radius 1 is 0.569 bits per heavy atom. The minimum atomic E-state index is -0.134. The standard InChI is InChI=1S/C24H37NO.C24H37N/c1-22(2,3)25-14-13-24-12-8-7-9-19(24)21(25)15-17-10-11-18(16-20(17)24)26-23(4,5)6;1-22(2,3)18-11-10-17-15-21-19-9-7-8-12-24(19,20(17)16-18)13-14-25(21)23(4,5)6/h10-11,16,19,21H,7-9,12-15H2,1-6H3;10-11,16,19,21H,7-9,12-15H2,1-6H3/t2*19?,21-,24?/m00/s1. The second kappa shape index (κ2) is 12.9. The van der Waals surface area contributed by atoms with E-state index >= 15 is 0 Å². The summed E-state index contributed by atoms with van der Waals surface area (Å²) in [5.41, 5.74) is 9.69. The Balaban J connectivity index is 0.000000159. The number of nitrogens with zero attached hydrogens (tertiary/aromatic N) is 2. The largest absolute Gasteiger partial charge is 0.488 e. The second-order valence-electron chi connectivity index (χ2n) is 21.9. The highest BCUT2D eigenvalue weighted by Gasteiger charge is 2.56. The molecule has 4 bridgehead atoms. The van der Waals surface area contributed by atoms with Gasteiger partial charge >= 0.3 is 0 Å². The van der Waals surface area contributed by atoms with E-state index in [1.165, 1.54) is 95.7 Å². The van der Waals surface area contributed by atoms with Gasteiger partial charge in [0.2, 0.25) is 0 Å². The van der Waals surface area contributed by atoms with E-state index in [1.807, 2.05) is 0 Å². The number of ether oxygens (including phenoxy) is 1. The molecule has 2 aromatic carbocycles. The number of likely N-dealkylation sites (tertiary alicyclic amines) is 2. The molecule has 4 unspecified atom stereocenters. The lowest BCUT2D eigenvalue weighted by molar-refractivity contribution is -0.0544. The van der Waals surface area contributed by atoms with Crippen LogP contribution in [-0.4, -0.2) is 51.7 Å². The van der Waals surface area contributed by atoms with Crippen molar-refractivity contribution < 1.29 is 4.74 Å². The zero-order chi connectivity index (χ0) is 36.8. The van der Waals surface area contributed by atoms with Crippen molar-refractivity contribution in [3.05, 3.63) is 64.2 Å². The topological polar surface area (TPSA) is 15.7 Å². The maximum atomic E-state index is 6.25. The first-order valence-corrected chi connectivity index (χ1v) is 21.2. The number of piperidine rings is 2. The van der Waals surface area contributed by atoms with Gasteiger partial charge in [0.25, 0.3) is 0 Å². The van der Waals surface area contributed by atoms with Crippen LogP contribution >= 0.6 is 0 Å². The normalized spacial score (nSPS) is 32.4. The molecule has 0 radical (unpaired) electrons. The summed E-state index contributed by atoms with van der Waals surface area (Å²) in [6.07, 6.45) is 16.5. The Bertz CT molecular complexity index is 1580. The summed E-state index contributed by atoms with van der Waals surface area (Å²) in [6, 6.07) is 16.0. The van der Waals surface area contributed by atoms with Gasteiger partial charge in [-0.25, -0.2) is 0 Å². The Hall–Kier alpha value is -1.84. The molecular formula is C48H74N2O. The molecule has 3 heteroatoms. The van der Waals surface area contributed by atoms with Crippen LogP contribution in [0.4, 0.5) is 0 Å². The molecule has 2 saturated carbocycles. The molecule has 2 aromatic rings. The molecule has 4 fully saturated rings. The molecule has 282 valence electrons. The van der Waals surface area contributed by atoms with Crippen molar-refractivity contribution in [2.45, 2.75) is 205 Å². The van der Waals surface area contributed by atoms with Crippen LogP contribution in [0.25, 0.3) is 0 Å². The van der Waals surface area contributed by atoms with Crippen molar-refractivity contribution in [2.24, 2.45) is 11.8 Å². The summed E-state index contributed by atoms with van der Waals surface area (Å²) in [7, 11) is 0. The van der Waals surface area contributed by atoms with Gasteiger partial charge in [-0.3, -0.25) is 9.80 Å². The van der Waals surface area contributed by atoms with E-state index < -0.39 is 0 Å². The van der Waals surface area contributed by atoms with Crippen LogP contribution in [0.15, 0.2) is 36.4 Å². The monoisotopic (exact) mass is 695 g/mol. The number of fused-ring (bicyclic) bond motifs is 2. The molecule has 51 heavy (non-hydrogen) atoms. The Morgan fingerprint density at radius 2 is 1.04 bits per heavy atom. The third-order valence-electron chi connectivity index (χ3n) is 14.7. The van der Waals surface area contributed by atoms with Gasteiger partial charge in [0.05, 0.1) is 0 Å². The fourth-order valence-corrected chi connectivity index (χ4v) is 12.5. The zero-order valence-electron chi connectivity index (χ0n) is 35.0. The van der Waals surface area contributed by atoms with E-state index in [-0.39, 0.29) is 22.1 Å². The highest BCUT2D eigenvalue weighted by molar-refractivity contribution is 5.47. The first kappa shape index (κ1) is 37.5. The molecular weight excluding hydrogens is 621 g/mol. The van der Waals surface area contributed by atoms with Crippen LogP contribution in [-0.2, 0) is 29.1 Å². The average Bonchev–Trinajstić information content (AvgIpc) is 3.03. The Kier molecular flexibility index (Phi) is 9.47. The summed E-state index contributed by atoms with van der Waals surface area (Å²) in [4.78, 5) is 5.67. The van der Waals surface area contributed by atoms with Gasteiger partial charge in [0.15, 0.2) is 0 Å². The molecule has 2 saturated heterocycles. The van der Waals surface area contributed by atoms with Crippen molar-refractivity contribution in [3.8, 4) is 5.75 Å². The third kappa shape index (κ3) is 6.77. The van der Waals surface area contributed by atoms with Crippen LogP contribution in [0.5, 0.6) is 5.75 Å². The number of rotatable bonds is 1. The van der Waals surface area contributed by atoms with Crippen molar-refractivity contribution in [1.29, 1.82) is 0 Å². The van der Waals surface area contributed by atoms with Crippen LogP contribution in [0.3, 0.4) is 0 Å². The van der Waals surface area contributed by atoms with Gasteiger partial charge in [-0.1, -0.05) is 70.7 Å². The lowest BCUT2D eigenvalue weighted by atomic mass is 9.51. The molecule has 0 N–H and O–H groups in total. The molecule has 0 aromatic heterocycles. The van der Waals surface area contributed by atoms with E-state index in [0.29, 0.717) is 16.9 Å². The van der Waals surface area contributed by atoms with Gasteiger partial charge in [-0.05, 0) is 184 Å². The quantitative estimate of drug-likeness (QED) is 0.295. The summed E-state index contributed by atoms with van der Waals surface area (Å²) in [5.74, 6) is 2.75. The molecule has 2 aliphatic heterocycles. The van der Waals surface area contributed by atoms with Crippen LogP contribution in [0.1, 0.15) is 175 Å². The number of benzene rings is 2. The molecule has 4 aliphatic carbocycles. The minimum Gasteiger partial charge on any atom is -0.488 e. The van der Waals surface area contributed by atoms with E-state index in [1.54, 1.807) is 22.3 Å². The smallest absolute Gasteiger partial charge is 0.120 e. The fourth-order valence-electron chi connectivity index (χ4n) is 12.5. The summed E-state index contributed by atoms with van der Waals surface area (Å²) < 4.78 is 6.25. The lowest BCUT2D eigenvalue weighted by Gasteiger charge is -2.61. The first-order chi connectivity index (χ1) is 23.7. The lowest BCUT2D eigenvalue weighted by Crippen LogP contribution is -2.64. The van der Waals surface area contributed by atoms with Crippen LogP contribution < -0.4 is 4.74 Å². The van der Waals surface area contributed by atoms with E-state index in [4.69, 9.17) is 4.74 Å². The molecule has 6 aliphatic rings. The highest BCUT2D eigenvalue weighted by atomic mass is 16.5. The minimum absolute atomic E-state index is 0.134. The van der Waals surface area contributed by atoms with Crippen LogP contribution in [0.2, 0.25) is 0 Å². The van der Waals surface area contributed by atoms with Crippen molar-refractivity contribution >= 4 is 0 Å². The van der Waals surface area contributed by atoms with Crippen molar-refractivity contribution in [1.82, 2.24) is 9.80 Å². The summed E-state index contributed by atoms with van der Waals surface area (Å²) >= 11 is 0. The van der Waals surface area contributed by atoms with Gasteiger partial charge in [-0.15, -0.1) is 0 Å². The van der Waals surface area contributed by atoms with Gasteiger partial charge < -0.3 is 4.74 Å². The van der Waals surface area contributed by atoms with Gasteiger partial charge in [0, 0.05) is 34.0 Å². The Morgan fingerprint density at radius 3 is 1.49 bits per heavy atom. The maximum Gasteiger partial charge on any atom is 0.120 e. The summed E-state index contributed by atoms with van der Waals surface area (Å²) in [5, 5.41) is 0. The molecule has 2 heterocycles. The molecule has 0 spiro atoms. The van der Waals surface area contributed by atoms with E-state index in [0.717, 1.165) is 23.6 Å². The Labute approximate surface area is 313 Å². The second-order valence-corrected chi connectivity index (χ2v) is 21.9. The van der Waals surface area contributed by atoms with Gasteiger partial charge in [0.1, 0.15) is 11.4 Å². The number of hydrogen-bond donors (Lipinski definition) is 0. The van der Waals surface area contributed by atoms with E-state index in [2.05, 4.69) is 129 Å². The van der Waals surface area contributed by atoms with Crippen LogP contribution in [0, 0.1) is 11.8 Å². The SMILES string of the molecule is CC(C)(C)Oc1ccc2c(c1)C13CCCCC1[C@H](C2)N(C(C)(C)C)CC3.CC(C)(C)c1ccc2c(c1)C13CCCCC1[C@H](C2)N(C(C)(C)C)CC3. The molecule has 0 amide bonds. The fraction of sp³-hybridized carbons (Fsp3) is 0.750. The number of hydrogen-bond acceptors (Lipinski definition) is 3. The predicted molar refractivity (Wildman–Crippen MR) is 216 cm³/mol. The van der Waals surface area contributed by atoms with Gasteiger partial charge in [-0.2, -0.15) is 0 Å². The first-order valence-electron chi connectivity index (χ1n) is 21.2. The van der Waals surface area contributed by atoms with Crippen molar-refractivity contribution in [2.75, 3.05) is 13.1 Å². The molecule has 8 rings (SSSR count). The van der Waals surface area contributed by atoms with E-state index in [9.17, 15) is 0 Å². The summed E-state index contributed by atoms with van der Waals surface area (Å²) in [6.45, 7) is 30.5. The average molecular weight is 695 g/mol.